The van der Waals surface area contributed by atoms with E-state index < -0.39 is 0 Å². The summed E-state index contributed by atoms with van der Waals surface area (Å²) in [5, 5.41) is 3.28. The zero-order valence-corrected chi connectivity index (χ0v) is 16.8. The Hall–Kier alpha value is -1.69. The minimum Gasteiger partial charge on any atom is -0.373 e. The zero-order chi connectivity index (χ0) is 18.8. The number of nitrogens with zero attached hydrogens (tertiary/aromatic N) is 4. The number of hydrogen-bond acceptors (Lipinski definition) is 5. The molecule has 4 rings (SSSR count). The molecule has 1 saturated heterocycles. The van der Waals surface area contributed by atoms with E-state index in [-0.39, 0.29) is 0 Å². The molecule has 1 atom stereocenters. The molecule has 3 aliphatic rings. The van der Waals surface area contributed by atoms with E-state index in [4.69, 9.17) is 9.97 Å². The predicted octanol–water partition coefficient (Wildman–Crippen LogP) is 2.79. The number of anilines is 1. The summed E-state index contributed by atoms with van der Waals surface area (Å²) in [6, 6.07) is 0. The van der Waals surface area contributed by atoms with E-state index in [0.717, 1.165) is 56.2 Å². The van der Waals surface area contributed by atoms with E-state index >= 15 is 0 Å². The van der Waals surface area contributed by atoms with E-state index in [1.165, 1.54) is 37.7 Å². The average Bonchev–Trinajstić information content (AvgIpc) is 3.19. The van der Waals surface area contributed by atoms with Gasteiger partial charge in [0.25, 0.3) is 0 Å². The van der Waals surface area contributed by atoms with Gasteiger partial charge < -0.3 is 15.1 Å². The summed E-state index contributed by atoms with van der Waals surface area (Å²) in [6.45, 7) is 3.62. The number of fused-ring (bicyclic) bond motifs is 1. The summed E-state index contributed by atoms with van der Waals surface area (Å²) in [5.41, 5.74) is 2.26. The van der Waals surface area contributed by atoms with Crippen LogP contribution in [0.4, 0.5) is 5.82 Å². The summed E-state index contributed by atoms with van der Waals surface area (Å²) < 4.78 is 0. The normalized spacial score (nSPS) is 24.1. The fraction of sp³-hybridized carbons (Fsp3) is 0.762. The van der Waals surface area contributed by atoms with Gasteiger partial charge in [-0.2, -0.15) is 0 Å². The van der Waals surface area contributed by atoms with Gasteiger partial charge in [0.15, 0.2) is 0 Å². The molecule has 1 saturated carbocycles. The Kier molecular flexibility index (Phi) is 5.62. The summed E-state index contributed by atoms with van der Waals surface area (Å²) in [5.74, 6) is 3.23. The van der Waals surface area contributed by atoms with Gasteiger partial charge in [-0.15, -0.1) is 0 Å². The van der Waals surface area contributed by atoms with Crippen molar-refractivity contribution in [3.05, 3.63) is 17.1 Å². The van der Waals surface area contributed by atoms with Crippen LogP contribution in [0.2, 0.25) is 0 Å². The molecular formula is C21H33N5O. The van der Waals surface area contributed by atoms with Crippen LogP contribution in [0, 0.1) is 5.92 Å². The summed E-state index contributed by atoms with van der Waals surface area (Å²) in [7, 11) is 4.12. The standard InChI is InChI=1S/C21H33N5O/c1-22-21-17-9-11-26(19(27)12-15-6-3-4-7-15)14-18(17)23-20(24-21)16-8-5-10-25(2)13-16/h15-16H,3-14H2,1-2H3,(H,22,23,24)/t16-/m1/s1. The molecule has 1 aromatic heterocycles. The van der Waals surface area contributed by atoms with E-state index in [1.54, 1.807) is 0 Å². The van der Waals surface area contributed by atoms with Gasteiger partial charge in [-0.3, -0.25) is 4.79 Å². The van der Waals surface area contributed by atoms with Crippen molar-refractivity contribution in [1.82, 2.24) is 19.8 Å². The van der Waals surface area contributed by atoms with Crippen LogP contribution < -0.4 is 5.32 Å². The van der Waals surface area contributed by atoms with Crippen LogP contribution in [-0.2, 0) is 17.8 Å². The number of hydrogen-bond donors (Lipinski definition) is 1. The molecular weight excluding hydrogens is 338 g/mol. The van der Waals surface area contributed by atoms with Crippen molar-refractivity contribution in [1.29, 1.82) is 0 Å². The number of amides is 1. The van der Waals surface area contributed by atoms with Gasteiger partial charge in [0.2, 0.25) is 5.91 Å². The van der Waals surface area contributed by atoms with Gasteiger partial charge in [-0.05, 0) is 51.6 Å². The molecule has 2 aliphatic heterocycles. The molecule has 0 spiro atoms. The molecule has 6 nitrogen and oxygen atoms in total. The second-order valence-corrected chi connectivity index (χ2v) is 8.63. The lowest BCUT2D eigenvalue weighted by atomic mass is 9.96. The largest absolute Gasteiger partial charge is 0.373 e. The highest BCUT2D eigenvalue weighted by molar-refractivity contribution is 5.77. The molecule has 0 unspecified atom stereocenters. The molecule has 2 fully saturated rings. The first-order valence-corrected chi connectivity index (χ1v) is 10.7. The van der Waals surface area contributed by atoms with Crippen LogP contribution >= 0.6 is 0 Å². The molecule has 1 aromatic rings. The van der Waals surface area contributed by atoms with Crippen molar-refractivity contribution in [2.75, 3.05) is 39.0 Å². The van der Waals surface area contributed by atoms with Crippen LogP contribution in [0.3, 0.4) is 0 Å². The Morgan fingerprint density at radius 3 is 2.70 bits per heavy atom. The van der Waals surface area contributed by atoms with E-state index in [9.17, 15) is 4.79 Å². The Morgan fingerprint density at radius 2 is 1.96 bits per heavy atom. The molecule has 0 radical (unpaired) electrons. The molecule has 1 aliphatic carbocycles. The van der Waals surface area contributed by atoms with E-state index in [0.29, 0.717) is 24.3 Å². The maximum Gasteiger partial charge on any atom is 0.223 e. The number of nitrogens with one attached hydrogen (secondary N) is 1. The van der Waals surface area contributed by atoms with Crippen LogP contribution in [0.5, 0.6) is 0 Å². The summed E-state index contributed by atoms with van der Waals surface area (Å²) in [6.07, 6.45) is 8.95. The number of piperidine rings is 1. The Balaban J connectivity index is 1.52. The number of likely N-dealkylation sites (N-methyl/N-ethyl adjacent to an activating group) is 1. The first-order valence-electron chi connectivity index (χ1n) is 10.7. The topological polar surface area (TPSA) is 61.4 Å². The molecule has 148 valence electrons. The van der Waals surface area contributed by atoms with Crippen molar-refractivity contribution in [2.45, 2.75) is 63.8 Å². The monoisotopic (exact) mass is 371 g/mol. The third-order valence-electron chi connectivity index (χ3n) is 6.60. The van der Waals surface area contributed by atoms with Gasteiger partial charge in [0, 0.05) is 38.0 Å². The Morgan fingerprint density at radius 1 is 1.15 bits per heavy atom. The number of carbonyl (C=O) groups excluding carboxylic acids is 1. The number of aromatic nitrogens is 2. The smallest absolute Gasteiger partial charge is 0.223 e. The maximum absolute atomic E-state index is 12.8. The Labute approximate surface area is 162 Å². The summed E-state index contributed by atoms with van der Waals surface area (Å²) in [4.78, 5) is 27.0. The van der Waals surface area contributed by atoms with Crippen molar-refractivity contribution in [2.24, 2.45) is 5.92 Å². The van der Waals surface area contributed by atoms with Crippen LogP contribution in [0.1, 0.15) is 67.9 Å². The average molecular weight is 372 g/mol. The second-order valence-electron chi connectivity index (χ2n) is 8.63. The first-order chi connectivity index (χ1) is 13.1. The SMILES string of the molecule is CNc1nc([C@@H]2CCCN(C)C2)nc2c1CCN(C(=O)CC1CCCC1)C2. The minimum absolute atomic E-state index is 0.316. The summed E-state index contributed by atoms with van der Waals surface area (Å²) >= 11 is 0. The van der Waals surface area contributed by atoms with Gasteiger partial charge in [0.05, 0.1) is 12.2 Å². The molecule has 1 amide bonds. The highest BCUT2D eigenvalue weighted by atomic mass is 16.2. The molecule has 0 bridgehead atoms. The second kappa shape index (κ2) is 8.13. The van der Waals surface area contributed by atoms with Crippen LogP contribution in [-0.4, -0.2) is 59.4 Å². The molecule has 27 heavy (non-hydrogen) atoms. The van der Waals surface area contributed by atoms with E-state index in [1.807, 2.05) is 11.9 Å². The third-order valence-corrected chi connectivity index (χ3v) is 6.60. The minimum atomic E-state index is 0.316. The lowest BCUT2D eigenvalue weighted by molar-refractivity contribution is -0.133. The maximum atomic E-state index is 12.8. The molecule has 3 heterocycles. The zero-order valence-electron chi connectivity index (χ0n) is 16.8. The van der Waals surface area contributed by atoms with Crippen molar-refractivity contribution in [3.8, 4) is 0 Å². The molecule has 0 aromatic carbocycles. The van der Waals surface area contributed by atoms with Gasteiger partial charge in [-0.25, -0.2) is 9.97 Å². The molecule has 1 N–H and O–H groups in total. The number of likely N-dealkylation sites (tertiary alicyclic amines) is 1. The Bertz CT molecular complexity index is 685. The highest BCUT2D eigenvalue weighted by Gasteiger charge is 2.29. The predicted molar refractivity (Wildman–Crippen MR) is 107 cm³/mol. The molecule has 6 heteroatoms. The van der Waals surface area contributed by atoms with Gasteiger partial charge in [0.1, 0.15) is 11.6 Å². The quantitative estimate of drug-likeness (QED) is 0.882. The van der Waals surface area contributed by atoms with Crippen LogP contribution in [0.25, 0.3) is 0 Å². The van der Waals surface area contributed by atoms with Crippen LogP contribution in [0.15, 0.2) is 0 Å². The van der Waals surface area contributed by atoms with Crippen molar-refractivity contribution in [3.63, 3.8) is 0 Å². The first kappa shape index (κ1) is 18.7. The fourth-order valence-electron chi connectivity index (χ4n) is 5.02. The van der Waals surface area contributed by atoms with Gasteiger partial charge in [-0.1, -0.05) is 12.8 Å². The fourth-order valence-corrected chi connectivity index (χ4v) is 5.02. The van der Waals surface area contributed by atoms with Crippen molar-refractivity contribution >= 4 is 11.7 Å². The van der Waals surface area contributed by atoms with E-state index in [2.05, 4.69) is 17.3 Å². The lowest BCUT2D eigenvalue weighted by Crippen LogP contribution is -2.38. The van der Waals surface area contributed by atoms with Gasteiger partial charge >= 0.3 is 0 Å². The highest BCUT2D eigenvalue weighted by Crippen LogP contribution is 2.31. The van der Waals surface area contributed by atoms with Crippen molar-refractivity contribution < 1.29 is 4.79 Å². The lowest BCUT2D eigenvalue weighted by Gasteiger charge is -2.32. The number of carbonyl (C=O) groups is 1. The number of rotatable bonds is 4. The third kappa shape index (κ3) is 4.10.